The number of pyridine rings is 1. The Balaban J connectivity index is 1.65. The Morgan fingerprint density at radius 1 is 1.23 bits per heavy atom. The summed E-state index contributed by atoms with van der Waals surface area (Å²) >= 11 is 0. The van der Waals surface area contributed by atoms with Crippen LogP contribution < -0.4 is 10.1 Å². The number of piperidine rings is 1. The Labute approximate surface area is 128 Å². The van der Waals surface area contributed by atoms with E-state index < -0.39 is 11.9 Å². The van der Waals surface area contributed by atoms with Crippen LogP contribution >= 0.6 is 0 Å². The van der Waals surface area contributed by atoms with Crippen LogP contribution in [0.1, 0.15) is 37.8 Å². The average molecular weight is 314 g/mol. The van der Waals surface area contributed by atoms with Crippen LogP contribution in [0.15, 0.2) is 18.2 Å². The minimum Gasteiger partial charge on any atom is -0.477 e. The molecule has 1 atom stereocenters. The Morgan fingerprint density at radius 3 is 2.73 bits per heavy atom. The highest BCUT2D eigenvalue weighted by Crippen LogP contribution is 2.49. The van der Waals surface area contributed by atoms with Gasteiger partial charge in [-0.1, -0.05) is 12.5 Å². The first-order valence-corrected chi connectivity index (χ1v) is 7.87. The van der Waals surface area contributed by atoms with E-state index in [9.17, 15) is 13.2 Å². The minimum absolute atomic E-state index is 0.0748. The maximum Gasteiger partial charge on any atom is 0.433 e. The van der Waals surface area contributed by atoms with Crippen molar-refractivity contribution >= 4 is 0 Å². The van der Waals surface area contributed by atoms with E-state index in [1.54, 1.807) is 0 Å². The zero-order chi connectivity index (χ0) is 15.6. The van der Waals surface area contributed by atoms with Crippen molar-refractivity contribution < 1.29 is 17.9 Å². The summed E-state index contributed by atoms with van der Waals surface area (Å²) in [6.07, 6.45) is 1.33. The molecule has 1 N–H and O–H groups in total. The lowest BCUT2D eigenvalue weighted by Crippen LogP contribution is -2.40. The number of ether oxygens (including phenoxy) is 1. The molecular weight excluding hydrogens is 293 g/mol. The third kappa shape index (κ3) is 3.21. The third-order valence-electron chi connectivity index (χ3n) is 5.14. The molecule has 3 rings (SSSR count). The van der Waals surface area contributed by atoms with Crippen molar-refractivity contribution in [2.24, 2.45) is 11.3 Å². The van der Waals surface area contributed by atoms with Crippen LogP contribution in [0.2, 0.25) is 0 Å². The van der Waals surface area contributed by atoms with Gasteiger partial charge < -0.3 is 10.1 Å². The second-order valence-corrected chi connectivity index (χ2v) is 6.37. The molecule has 2 aliphatic rings. The van der Waals surface area contributed by atoms with Crippen LogP contribution in [0, 0.1) is 11.3 Å². The number of nitrogens with one attached hydrogen (secondary N) is 1. The van der Waals surface area contributed by atoms with Crippen molar-refractivity contribution in [2.75, 3.05) is 19.7 Å². The van der Waals surface area contributed by atoms with Gasteiger partial charge in [-0.3, -0.25) is 0 Å². The van der Waals surface area contributed by atoms with Crippen molar-refractivity contribution in [3.8, 4) is 5.88 Å². The number of alkyl halides is 3. The molecule has 0 aromatic carbocycles. The highest BCUT2D eigenvalue weighted by atomic mass is 19.4. The van der Waals surface area contributed by atoms with Crippen molar-refractivity contribution in [1.29, 1.82) is 0 Å². The first-order valence-electron chi connectivity index (χ1n) is 7.87. The van der Waals surface area contributed by atoms with Gasteiger partial charge in [0, 0.05) is 6.07 Å². The number of halogens is 3. The summed E-state index contributed by atoms with van der Waals surface area (Å²) < 4.78 is 43.6. The standard InChI is InChI=1S/C16H21F3N2O/c17-16(18,19)13-4-1-5-14(21-13)22-11-12-3-2-6-15(12)7-9-20-10-8-15/h1,4-5,12,20H,2-3,6-11H2. The number of aromatic nitrogens is 1. The van der Waals surface area contributed by atoms with E-state index in [4.69, 9.17) is 4.74 Å². The molecule has 1 aromatic heterocycles. The number of nitrogens with zero attached hydrogens (tertiary/aromatic N) is 1. The van der Waals surface area contributed by atoms with Crippen molar-refractivity contribution in [3.63, 3.8) is 0 Å². The number of hydrogen-bond acceptors (Lipinski definition) is 3. The van der Waals surface area contributed by atoms with Gasteiger partial charge in [0.25, 0.3) is 0 Å². The van der Waals surface area contributed by atoms with E-state index in [1.165, 1.54) is 25.0 Å². The lowest BCUT2D eigenvalue weighted by Gasteiger charge is -2.39. The predicted molar refractivity (Wildman–Crippen MR) is 76.6 cm³/mol. The normalized spacial score (nSPS) is 24.6. The van der Waals surface area contributed by atoms with Gasteiger partial charge in [0.1, 0.15) is 5.69 Å². The topological polar surface area (TPSA) is 34.1 Å². The molecule has 2 heterocycles. The molecule has 1 aliphatic heterocycles. The van der Waals surface area contributed by atoms with Crippen LogP contribution in [0.25, 0.3) is 0 Å². The molecule has 3 nitrogen and oxygen atoms in total. The predicted octanol–water partition coefficient (Wildman–Crippen LogP) is 3.65. The largest absolute Gasteiger partial charge is 0.477 e. The van der Waals surface area contributed by atoms with Gasteiger partial charge in [-0.2, -0.15) is 13.2 Å². The summed E-state index contributed by atoms with van der Waals surface area (Å²) in [5, 5.41) is 3.38. The molecule has 0 amide bonds. The van der Waals surface area contributed by atoms with Crippen LogP contribution in [-0.4, -0.2) is 24.7 Å². The number of rotatable bonds is 3. The molecule has 0 bridgehead atoms. The van der Waals surface area contributed by atoms with Crippen molar-refractivity contribution in [1.82, 2.24) is 10.3 Å². The summed E-state index contributed by atoms with van der Waals surface area (Å²) in [5.74, 6) is 0.497. The van der Waals surface area contributed by atoms with E-state index >= 15 is 0 Å². The van der Waals surface area contributed by atoms with Crippen LogP contribution in [-0.2, 0) is 6.18 Å². The summed E-state index contributed by atoms with van der Waals surface area (Å²) in [5.41, 5.74) is -0.583. The van der Waals surface area contributed by atoms with Crippen LogP contribution in [0.3, 0.4) is 0 Å². The average Bonchev–Trinajstić information content (AvgIpc) is 2.87. The maximum absolute atomic E-state index is 12.7. The summed E-state index contributed by atoms with van der Waals surface area (Å²) in [7, 11) is 0. The Kier molecular flexibility index (Phi) is 4.30. The van der Waals surface area contributed by atoms with E-state index in [1.807, 2.05) is 0 Å². The van der Waals surface area contributed by atoms with Crippen molar-refractivity contribution in [2.45, 2.75) is 38.3 Å². The van der Waals surface area contributed by atoms with E-state index in [0.29, 0.717) is 17.9 Å². The van der Waals surface area contributed by atoms with E-state index in [0.717, 1.165) is 38.4 Å². The Morgan fingerprint density at radius 2 is 2.00 bits per heavy atom. The lowest BCUT2D eigenvalue weighted by molar-refractivity contribution is -0.141. The molecule has 1 aromatic rings. The third-order valence-corrected chi connectivity index (χ3v) is 5.14. The van der Waals surface area contributed by atoms with E-state index in [-0.39, 0.29) is 5.88 Å². The lowest BCUT2D eigenvalue weighted by atomic mass is 9.71. The molecule has 122 valence electrons. The summed E-state index contributed by atoms with van der Waals surface area (Å²) in [6.45, 7) is 2.52. The Hall–Kier alpha value is -1.30. The molecule has 22 heavy (non-hydrogen) atoms. The molecule has 0 radical (unpaired) electrons. The Bertz CT molecular complexity index is 512. The first-order chi connectivity index (χ1) is 10.5. The van der Waals surface area contributed by atoms with Gasteiger partial charge >= 0.3 is 6.18 Å². The maximum atomic E-state index is 12.7. The molecule has 1 aliphatic carbocycles. The van der Waals surface area contributed by atoms with E-state index in [2.05, 4.69) is 10.3 Å². The van der Waals surface area contributed by atoms with Gasteiger partial charge in [-0.05, 0) is 56.2 Å². The quantitative estimate of drug-likeness (QED) is 0.925. The fourth-order valence-corrected chi connectivity index (χ4v) is 3.89. The van der Waals surface area contributed by atoms with Crippen molar-refractivity contribution in [3.05, 3.63) is 23.9 Å². The molecule has 6 heteroatoms. The number of hydrogen-bond donors (Lipinski definition) is 1. The molecule has 1 unspecified atom stereocenters. The molecule has 2 fully saturated rings. The monoisotopic (exact) mass is 314 g/mol. The fourth-order valence-electron chi connectivity index (χ4n) is 3.89. The van der Waals surface area contributed by atoms with Gasteiger partial charge in [0.15, 0.2) is 0 Å². The van der Waals surface area contributed by atoms with Crippen LogP contribution in [0.5, 0.6) is 5.88 Å². The SMILES string of the molecule is FC(F)(F)c1cccc(OCC2CCCC23CCNCC3)n1. The molecule has 1 saturated carbocycles. The smallest absolute Gasteiger partial charge is 0.433 e. The summed E-state index contributed by atoms with van der Waals surface area (Å²) in [6, 6.07) is 3.82. The second-order valence-electron chi connectivity index (χ2n) is 6.37. The molecular formula is C16H21F3N2O. The molecule has 1 saturated heterocycles. The zero-order valence-corrected chi connectivity index (χ0v) is 12.5. The summed E-state index contributed by atoms with van der Waals surface area (Å²) in [4.78, 5) is 3.58. The van der Waals surface area contributed by atoms with Crippen LogP contribution in [0.4, 0.5) is 13.2 Å². The van der Waals surface area contributed by atoms with Gasteiger partial charge in [0.2, 0.25) is 5.88 Å². The molecule has 1 spiro atoms. The second kappa shape index (κ2) is 6.07. The highest BCUT2D eigenvalue weighted by molar-refractivity contribution is 5.17. The van der Waals surface area contributed by atoms with Gasteiger partial charge in [-0.15, -0.1) is 0 Å². The minimum atomic E-state index is -4.43. The van der Waals surface area contributed by atoms with Gasteiger partial charge in [-0.25, -0.2) is 4.98 Å². The highest BCUT2D eigenvalue weighted by Gasteiger charge is 2.43. The zero-order valence-electron chi connectivity index (χ0n) is 12.5. The first kappa shape index (κ1) is 15.6. The fraction of sp³-hybridized carbons (Fsp3) is 0.688. The van der Waals surface area contributed by atoms with Gasteiger partial charge in [0.05, 0.1) is 6.61 Å².